The van der Waals surface area contributed by atoms with E-state index in [0.29, 0.717) is 30.0 Å². The van der Waals surface area contributed by atoms with E-state index < -0.39 is 17.7 Å². The zero-order valence-corrected chi connectivity index (χ0v) is 15.8. The van der Waals surface area contributed by atoms with Gasteiger partial charge in [0, 0.05) is 24.8 Å². The SMILES string of the molecule is CC(O)CNC(=O)c1cnn2ccc(N3CCC[C@@H]3c3cc(F)ccc3F)nc12. The first kappa shape index (κ1) is 19.3. The number of hydrogen-bond acceptors (Lipinski definition) is 5. The molecule has 0 spiro atoms. The van der Waals surface area contributed by atoms with Gasteiger partial charge < -0.3 is 15.3 Å². The average Bonchev–Trinajstić information content (AvgIpc) is 3.34. The lowest BCUT2D eigenvalue weighted by Crippen LogP contribution is -2.30. The molecule has 4 rings (SSSR count). The summed E-state index contributed by atoms with van der Waals surface area (Å²) in [6.45, 7) is 2.33. The second-order valence-corrected chi connectivity index (χ2v) is 7.19. The molecule has 1 aliphatic heterocycles. The number of fused-ring (bicyclic) bond motifs is 1. The molecule has 2 N–H and O–H groups in total. The van der Waals surface area contributed by atoms with Crippen LogP contribution in [0, 0.1) is 11.6 Å². The van der Waals surface area contributed by atoms with Crippen LogP contribution in [0.1, 0.15) is 41.7 Å². The fraction of sp³-hybridized carbons (Fsp3) is 0.350. The van der Waals surface area contributed by atoms with Crippen molar-refractivity contribution >= 4 is 17.4 Å². The molecular formula is C20H21F2N5O2. The molecule has 1 saturated heterocycles. The van der Waals surface area contributed by atoms with Crippen LogP contribution in [0.15, 0.2) is 36.7 Å². The monoisotopic (exact) mass is 401 g/mol. The van der Waals surface area contributed by atoms with Gasteiger partial charge in [0.25, 0.3) is 5.91 Å². The number of carbonyl (C=O) groups excluding carboxylic acids is 1. The first-order valence-corrected chi connectivity index (χ1v) is 9.46. The van der Waals surface area contributed by atoms with E-state index in [0.717, 1.165) is 18.6 Å². The molecule has 1 aromatic carbocycles. The van der Waals surface area contributed by atoms with Gasteiger partial charge in [0.05, 0.1) is 18.3 Å². The van der Waals surface area contributed by atoms with E-state index in [9.17, 15) is 18.7 Å². The van der Waals surface area contributed by atoms with Gasteiger partial charge in [0.1, 0.15) is 23.0 Å². The van der Waals surface area contributed by atoms with Gasteiger partial charge in [-0.2, -0.15) is 5.10 Å². The molecule has 152 valence electrons. The van der Waals surface area contributed by atoms with E-state index in [1.807, 2.05) is 4.90 Å². The second-order valence-electron chi connectivity index (χ2n) is 7.19. The summed E-state index contributed by atoms with van der Waals surface area (Å²) in [7, 11) is 0. The summed E-state index contributed by atoms with van der Waals surface area (Å²) in [5.41, 5.74) is 0.934. The predicted molar refractivity (Wildman–Crippen MR) is 103 cm³/mol. The van der Waals surface area contributed by atoms with Crippen LogP contribution in [0.25, 0.3) is 5.65 Å². The zero-order chi connectivity index (χ0) is 20.5. The summed E-state index contributed by atoms with van der Waals surface area (Å²) in [6, 6.07) is 4.88. The number of aromatic nitrogens is 3. The van der Waals surface area contributed by atoms with Gasteiger partial charge in [0.2, 0.25) is 0 Å². The topological polar surface area (TPSA) is 82.8 Å². The van der Waals surface area contributed by atoms with Gasteiger partial charge in [-0.3, -0.25) is 4.79 Å². The third-order valence-electron chi connectivity index (χ3n) is 5.02. The maximum Gasteiger partial charge on any atom is 0.256 e. The van der Waals surface area contributed by atoms with Crippen LogP contribution in [-0.2, 0) is 0 Å². The van der Waals surface area contributed by atoms with Crippen molar-refractivity contribution in [2.75, 3.05) is 18.0 Å². The van der Waals surface area contributed by atoms with Crippen LogP contribution in [0.5, 0.6) is 0 Å². The van der Waals surface area contributed by atoms with Crippen LogP contribution < -0.4 is 10.2 Å². The fourth-order valence-corrected chi connectivity index (χ4v) is 3.65. The molecule has 1 unspecified atom stereocenters. The third-order valence-corrected chi connectivity index (χ3v) is 5.02. The van der Waals surface area contributed by atoms with Crippen LogP contribution in [0.3, 0.4) is 0 Å². The van der Waals surface area contributed by atoms with E-state index in [-0.39, 0.29) is 24.1 Å². The molecule has 3 aromatic rings. The van der Waals surface area contributed by atoms with Crippen LogP contribution in [0.2, 0.25) is 0 Å². The lowest BCUT2D eigenvalue weighted by atomic mass is 10.0. The second kappa shape index (κ2) is 7.75. The van der Waals surface area contributed by atoms with E-state index in [1.54, 1.807) is 19.2 Å². The Morgan fingerprint density at radius 3 is 3.00 bits per heavy atom. The molecule has 0 bridgehead atoms. The zero-order valence-electron chi connectivity index (χ0n) is 15.8. The van der Waals surface area contributed by atoms with Crippen molar-refractivity contribution in [1.29, 1.82) is 0 Å². The van der Waals surface area contributed by atoms with Crippen LogP contribution >= 0.6 is 0 Å². The Morgan fingerprint density at radius 1 is 1.38 bits per heavy atom. The van der Waals surface area contributed by atoms with E-state index in [1.165, 1.54) is 16.8 Å². The van der Waals surface area contributed by atoms with Crippen molar-refractivity contribution in [1.82, 2.24) is 19.9 Å². The Bertz CT molecular complexity index is 1050. The number of aliphatic hydroxyl groups is 1. The van der Waals surface area contributed by atoms with E-state index in [4.69, 9.17) is 0 Å². The highest BCUT2D eigenvalue weighted by atomic mass is 19.1. The smallest absolute Gasteiger partial charge is 0.256 e. The number of anilines is 1. The molecule has 7 nitrogen and oxygen atoms in total. The Labute approximate surface area is 166 Å². The van der Waals surface area contributed by atoms with E-state index >= 15 is 0 Å². The van der Waals surface area contributed by atoms with Gasteiger partial charge in [-0.05, 0) is 44.0 Å². The molecule has 0 radical (unpaired) electrons. The first-order valence-electron chi connectivity index (χ1n) is 9.46. The molecule has 0 saturated carbocycles. The maximum absolute atomic E-state index is 14.3. The van der Waals surface area contributed by atoms with Crippen molar-refractivity contribution < 1.29 is 18.7 Å². The number of aliphatic hydroxyl groups excluding tert-OH is 1. The summed E-state index contributed by atoms with van der Waals surface area (Å²) in [4.78, 5) is 18.9. The normalized spacial score (nSPS) is 17.7. The quantitative estimate of drug-likeness (QED) is 0.686. The van der Waals surface area contributed by atoms with Crippen molar-refractivity contribution in [2.24, 2.45) is 0 Å². The number of rotatable bonds is 5. The summed E-state index contributed by atoms with van der Waals surface area (Å²) in [5, 5.41) is 16.1. The molecule has 0 aliphatic carbocycles. The van der Waals surface area contributed by atoms with Crippen molar-refractivity contribution in [3.63, 3.8) is 0 Å². The minimum atomic E-state index is -0.671. The molecule has 9 heteroatoms. The van der Waals surface area contributed by atoms with Crippen LogP contribution in [-0.4, -0.2) is 44.8 Å². The van der Waals surface area contributed by atoms with Crippen LogP contribution in [0.4, 0.5) is 14.6 Å². The number of carbonyl (C=O) groups is 1. The predicted octanol–water partition coefficient (Wildman–Crippen LogP) is 2.46. The van der Waals surface area contributed by atoms with Crippen molar-refractivity contribution in [3.05, 3.63) is 59.4 Å². The molecule has 3 heterocycles. The first-order chi connectivity index (χ1) is 13.9. The van der Waals surface area contributed by atoms with Gasteiger partial charge in [-0.15, -0.1) is 0 Å². The van der Waals surface area contributed by atoms with Gasteiger partial charge in [-0.25, -0.2) is 18.3 Å². The number of hydrogen-bond donors (Lipinski definition) is 2. The highest BCUT2D eigenvalue weighted by Gasteiger charge is 2.30. The average molecular weight is 401 g/mol. The minimum absolute atomic E-state index is 0.114. The lowest BCUT2D eigenvalue weighted by Gasteiger charge is -2.26. The van der Waals surface area contributed by atoms with Gasteiger partial charge in [0.15, 0.2) is 5.65 Å². The number of benzene rings is 1. The molecular weight excluding hydrogens is 380 g/mol. The number of halogens is 2. The Morgan fingerprint density at radius 2 is 2.21 bits per heavy atom. The highest BCUT2D eigenvalue weighted by Crippen LogP contribution is 2.36. The Balaban J connectivity index is 1.67. The van der Waals surface area contributed by atoms with Gasteiger partial charge in [-0.1, -0.05) is 0 Å². The fourth-order valence-electron chi connectivity index (χ4n) is 3.65. The number of nitrogens with one attached hydrogen (secondary N) is 1. The van der Waals surface area contributed by atoms with Crippen molar-refractivity contribution in [2.45, 2.75) is 31.9 Å². The molecule has 2 atom stereocenters. The summed E-state index contributed by atoms with van der Waals surface area (Å²) >= 11 is 0. The molecule has 1 aliphatic rings. The summed E-state index contributed by atoms with van der Waals surface area (Å²) in [6.07, 6.45) is 3.91. The Hall–Kier alpha value is -3.07. The highest BCUT2D eigenvalue weighted by molar-refractivity contribution is 5.99. The number of amides is 1. The summed E-state index contributed by atoms with van der Waals surface area (Å²) in [5.74, 6) is -0.759. The van der Waals surface area contributed by atoms with Crippen molar-refractivity contribution in [3.8, 4) is 0 Å². The lowest BCUT2D eigenvalue weighted by molar-refractivity contribution is 0.0925. The van der Waals surface area contributed by atoms with E-state index in [2.05, 4.69) is 15.4 Å². The molecule has 1 amide bonds. The number of nitrogens with zero attached hydrogens (tertiary/aromatic N) is 4. The minimum Gasteiger partial charge on any atom is -0.392 e. The third kappa shape index (κ3) is 3.77. The standard InChI is InChI=1S/C20H21F2N5O2/c1-12(28)10-23-20(29)15-11-24-27-8-6-18(25-19(15)27)26-7-2-3-17(26)14-9-13(21)4-5-16(14)22/h4-6,8-9,11-12,17,28H,2-3,7,10H2,1H3,(H,23,29)/t12?,17-/m1/s1. The Kier molecular flexibility index (Phi) is 5.14. The largest absolute Gasteiger partial charge is 0.392 e. The molecule has 29 heavy (non-hydrogen) atoms. The molecule has 2 aromatic heterocycles. The molecule has 1 fully saturated rings. The summed E-state index contributed by atoms with van der Waals surface area (Å²) < 4.78 is 29.5. The van der Waals surface area contributed by atoms with Gasteiger partial charge >= 0.3 is 0 Å². The maximum atomic E-state index is 14.3.